The predicted octanol–water partition coefficient (Wildman–Crippen LogP) is 3.86. The van der Waals surface area contributed by atoms with E-state index >= 15 is 0 Å². The molecule has 28 heavy (non-hydrogen) atoms. The van der Waals surface area contributed by atoms with Crippen LogP contribution < -0.4 is 0 Å². The van der Waals surface area contributed by atoms with Gasteiger partial charge in [0.25, 0.3) is 0 Å². The van der Waals surface area contributed by atoms with Crippen LogP contribution >= 0.6 is 0 Å². The summed E-state index contributed by atoms with van der Waals surface area (Å²) in [5.41, 5.74) is 0.113. The van der Waals surface area contributed by atoms with Gasteiger partial charge in [0, 0.05) is 5.56 Å². The largest absolute Gasteiger partial charge is 0.508 e. The SMILES string of the molecule is Cc1ccc(C2(c3ccc(C)c(O)c3)OS(=O)(=O)c3c(F)cccc32)cc1O. The Balaban J connectivity index is 2.14. The van der Waals surface area contributed by atoms with Gasteiger partial charge >= 0.3 is 10.1 Å². The molecule has 144 valence electrons. The summed E-state index contributed by atoms with van der Waals surface area (Å²) in [5.74, 6) is -1.04. The van der Waals surface area contributed by atoms with E-state index < -0.39 is 26.4 Å². The summed E-state index contributed by atoms with van der Waals surface area (Å²) in [4.78, 5) is -0.546. The Morgan fingerprint density at radius 1 is 0.893 bits per heavy atom. The molecule has 0 spiro atoms. The average Bonchev–Trinajstić information content (AvgIpc) is 2.89. The molecule has 0 atom stereocenters. The van der Waals surface area contributed by atoms with Gasteiger partial charge in [-0.25, -0.2) is 8.57 Å². The van der Waals surface area contributed by atoms with Crippen LogP contribution in [-0.2, 0) is 19.9 Å². The fraction of sp³-hybridized carbons (Fsp3) is 0.143. The molecule has 7 heteroatoms. The number of phenols is 2. The standard InChI is InChI=1S/C21H17FO5S/c1-12-6-8-14(10-18(12)23)21(15-9-7-13(2)19(24)11-15)16-4-3-5-17(22)20(16)28(25,26)27-21/h3-11,23-24H,1-2H3. The quantitative estimate of drug-likeness (QED) is 0.638. The molecule has 0 amide bonds. The molecule has 1 aliphatic heterocycles. The Morgan fingerprint density at radius 2 is 1.43 bits per heavy atom. The van der Waals surface area contributed by atoms with Gasteiger partial charge in [0.05, 0.1) is 0 Å². The third-order valence-corrected chi connectivity index (χ3v) is 6.45. The van der Waals surface area contributed by atoms with Crippen molar-refractivity contribution in [2.45, 2.75) is 24.3 Å². The van der Waals surface area contributed by atoms with E-state index in [-0.39, 0.29) is 17.1 Å². The van der Waals surface area contributed by atoms with Crippen molar-refractivity contribution < 1.29 is 27.2 Å². The molecule has 4 rings (SSSR count). The second-order valence-electron chi connectivity index (χ2n) is 6.84. The van der Waals surface area contributed by atoms with Crippen LogP contribution in [0.5, 0.6) is 11.5 Å². The van der Waals surface area contributed by atoms with Crippen LogP contribution in [0.1, 0.15) is 27.8 Å². The lowest BCUT2D eigenvalue weighted by Gasteiger charge is -2.30. The molecular formula is C21H17FO5S. The molecule has 3 aromatic carbocycles. The van der Waals surface area contributed by atoms with Gasteiger partial charge in [-0.1, -0.05) is 36.4 Å². The molecule has 1 heterocycles. The van der Waals surface area contributed by atoms with Gasteiger partial charge in [0.2, 0.25) is 0 Å². The fourth-order valence-corrected chi connectivity index (χ4v) is 5.00. The molecule has 0 aromatic heterocycles. The first-order chi connectivity index (χ1) is 13.2. The number of hydrogen-bond donors (Lipinski definition) is 2. The van der Waals surface area contributed by atoms with Crippen LogP contribution in [0.4, 0.5) is 4.39 Å². The maximum atomic E-state index is 14.5. The predicted molar refractivity (Wildman–Crippen MR) is 100 cm³/mol. The minimum atomic E-state index is -4.42. The highest BCUT2D eigenvalue weighted by Crippen LogP contribution is 2.52. The van der Waals surface area contributed by atoms with Gasteiger partial charge in [-0.2, -0.15) is 8.42 Å². The molecule has 0 bridgehead atoms. The third-order valence-electron chi connectivity index (χ3n) is 5.06. The zero-order valence-corrected chi connectivity index (χ0v) is 15.9. The summed E-state index contributed by atoms with van der Waals surface area (Å²) in [6.45, 7) is 3.40. The Bertz CT molecular complexity index is 1170. The Kier molecular flexibility index (Phi) is 3.99. The molecule has 3 aromatic rings. The molecule has 5 nitrogen and oxygen atoms in total. The fourth-order valence-electron chi connectivity index (χ4n) is 3.52. The van der Waals surface area contributed by atoms with Crippen LogP contribution in [0, 0.1) is 19.7 Å². The number of fused-ring (bicyclic) bond motifs is 1. The normalized spacial score (nSPS) is 16.7. The second kappa shape index (κ2) is 6.05. The Hall–Kier alpha value is -2.90. The highest BCUT2D eigenvalue weighted by Gasteiger charge is 2.53. The highest BCUT2D eigenvalue weighted by atomic mass is 32.2. The van der Waals surface area contributed by atoms with Gasteiger partial charge in [-0.15, -0.1) is 0 Å². The van der Waals surface area contributed by atoms with Gasteiger partial charge < -0.3 is 10.2 Å². The van der Waals surface area contributed by atoms with Crippen LogP contribution in [0.25, 0.3) is 0 Å². The molecule has 0 saturated heterocycles. The summed E-state index contributed by atoms with van der Waals surface area (Å²) in [7, 11) is -4.42. The Labute approximate surface area is 161 Å². The molecule has 0 saturated carbocycles. The van der Waals surface area contributed by atoms with Crippen LogP contribution in [0.2, 0.25) is 0 Å². The van der Waals surface area contributed by atoms with Crippen molar-refractivity contribution in [2.75, 3.05) is 0 Å². The number of hydrogen-bond acceptors (Lipinski definition) is 5. The van der Waals surface area contributed by atoms with E-state index in [4.69, 9.17) is 4.18 Å². The average molecular weight is 400 g/mol. The third kappa shape index (κ3) is 2.51. The van der Waals surface area contributed by atoms with E-state index in [1.807, 2.05) is 0 Å². The van der Waals surface area contributed by atoms with Gasteiger partial charge in [0.15, 0.2) is 5.60 Å². The highest BCUT2D eigenvalue weighted by molar-refractivity contribution is 7.87. The number of benzene rings is 3. The van der Waals surface area contributed by atoms with Crippen molar-refractivity contribution in [1.82, 2.24) is 0 Å². The molecule has 0 fully saturated rings. The monoisotopic (exact) mass is 400 g/mol. The van der Waals surface area contributed by atoms with E-state index in [1.165, 1.54) is 24.3 Å². The molecule has 0 radical (unpaired) electrons. The lowest BCUT2D eigenvalue weighted by Crippen LogP contribution is -2.29. The lowest BCUT2D eigenvalue weighted by molar-refractivity contribution is 0.179. The van der Waals surface area contributed by atoms with Crippen molar-refractivity contribution >= 4 is 10.1 Å². The molecule has 1 aliphatic rings. The summed E-state index contributed by atoms with van der Waals surface area (Å²) in [6, 6.07) is 13.2. The second-order valence-corrected chi connectivity index (χ2v) is 8.32. The van der Waals surface area contributed by atoms with E-state index in [9.17, 15) is 23.0 Å². The Morgan fingerprint density at radius 3 is 1.93 bits per heavy atom. The van der Waals surface area contributed by atoms with Gasteiger partial charge in [-0.05, 0) is 54.3 Å². The zero-order valence-electron chi connectivity index (χ0n) is 15.1. The van der Waals surface area contributed by atoms with Gasteiger partial charge in [-0.3, -0.25) is 0 Å². The molecule has 2 N–H and O–H groups in total. The van der Waals surface area contributed by atoms with Crippen LogP contribution in [-0.4, -0.2) is 18.6 Å². The smallest absolute Gasteiger partial charge is 0.301 e. The maximum Gasteiger partial charge on any atom is 0.301 e. The topological polar surface area (TPSA) is 83.8 Å². The first kappa shape index (κ1) is 18.5. The number of rotatable bonds is 2. The molecule has 0 unspecified atom stereocenters. The van der Waals surface area contributed by atoms with Crippen molar-refractivity contribution in [3.05, 3.63) is 88.2 Å². The zero-order chi connectivity index (χ0) is 20.3. The van der Waals surface area contributed by atoms with E-state index in [0.29, 0.717) is 22.3 Å². The first-order valence-electron chi connectivity index (χ1n) is 8.51. The van der Waals surface area contributed by atoms with Crippen molar-refractivity contribution in [2.24, 2.45) is 0 Å². The minimum Gasteiger partial charge on any atom is -0.508 e. The van der Waals surface area contributed by atoms with Crippen molar-refractivity contribution in [3.63, 3.8) is 0 Å². The van der Waals surface area contributed by atoms with Gasteiger partial charge in [0.1, 0.15) is 22.2 Å². The summed E-state index contributed by atoms with van der Waals surface area (Å²) in [6.07, 6.45) is 0. The van der Waals surface area contributed by atoms with Crippen molar-refractivity contribution in [1.29, 1.82) is 0 Å². The minimum absolute atomic E-state index is 0.0564. The molecular weight excluding hydrogens is 383 g/mol. The van der Waals surface area contributed by atoms with Crippen LogP contribution in [0.3, 0.4) is 0 Å². The summed E-state index contributed by atoms with van der Waals surface area (Å²) >= 11 is 0. The van der Waals surface area contributed by atoms with Crippen molar-refractivity contribution in [3.8, 4) is 11.5 Å². The first-order valence-corrected chi connectivity index (χ1v) is 9.92. The summed E-state index contributed by atoms with van der Waals surface area (Å²) in [5, 5.41) is 20.4. The van der Waals surface area contributed by atoms with E-state index in [2.05, 4.69) is 0 Å². The number of halogens is 1. The summed E-state index contributed by atoms with van der Waals surface area (Å²) < 4.78 is 45.6. The van der Waals surface area contributed by atoms with E-state index in [1.54, 1.807) is 38.1 Å². The maximum absolute atomic E-state index is 14.5. The number of aromatic hydroxyl groups is 2. The number of phenolic OH excluding ortho intramolecular Hbond substituents is 2. The number of aryl methyl sites for hydroxylation is 2. The molecule has 0 aliphatic carbocycles. The lowest BCUT2D eigenvalue weighted by atomic mass is 9.79. The van der Waals surface area contributed by atoms with Crippen LogP contribution in [0.15, 0.2) is 59.5 Å². The van der Waals surface area contributed by atoms with E-state index in [0.717, 1.165) is 6.07 Å².